The van der Waals surface area contributed by atoms with Crippen molar-refractivity contribution in [2.45, 2.75) is 38.5 Å². The predicted octanol–water partition coefficient (Wildman–Crippen LogP) is 14.5. The monoisotopic (exact) mass is 718 g/mol. The number of anilines is 3. The van der Waals surface area contributed by atoms with Crippen molar-refractivity contribution in [1.82, 2.24) is 4.57 Å². The van der Waals surface area contributed by atoms with Gasteiger partial charge in [0.1, 0.15) is 0 Å². The fourth-order valence-electron chi connectivity index (χ4n) is 10.1. The highest BCUT2D eigenvalue weighted by atomic mass is 15.1. The summed E-state index contributed by atoms with van der Waals surface area (Å²) in [4.78, 5) is 2.54. The fraction of sp³-hybridized carbons (Fsp3) is 0.111. The molecule has 0 bridgehead atoms. The molecule has 0 spiro atoms. The van der Waals surface area contributed by atoms with Gasteiger partial charge in [0.2, 0.25) is 0 Å². The minimum atomic E-state index is -0.121. The molecule has 0 atom stereocenters. The van der Waals surface area contributed by atoms with Gasteiger partial charge in [0.05, 0.1) is 22.4 Å². The summed E-state index contributed by atoms with van der Waals surface area (Å²) in [5.41, 5.74) is 20.0. The maximum Gasteiger partial charge on any atom is 0.0547 e. The van der Waals surface area contributed by atoms with E-state index in [9.17, 15) is 0 Å². The van der Waals surface area contributed by atoms with E-state index >= 15 is 0 Å². The molecular weight excluding hydrogens is 677 g/mol. The maximum atomic E-state index is 2.54. The average Bonchev–Trinajstić information content (AvgIpc) is 3.78. The summed E-state index contributed by atoms with van der Waals surface area (Å²) in [7, 11) is 0. The Morgan fingerprint density at radius 3 is 1.80 bits per heavy atom. The standard InChI is InChI=1S/C54H42N2/c1-53(2)44-23-12-8-20-39(44)43-34-37(30-32-46(43)53)56(50-28-16-25-47-52(50)42-22-9-13-24-45(42)54(47,3)4)48-26-14-10-19-38(48)35-29-31-41-40-21-11-15-27-49(40)55(51(41)33-35)36-17-6-5-7-18-36/h5-34H,1-4H3. The lowest BCUT2D eigenvalue weighted by Crippen LogP contribution is -2.17. The number of aromatic nitrogens is 1. The fourth-order valence-corrected chi connectivity index (χ4v) is 10.1. The second kappa shape index (κ2) is 11.9. The minimum absolute atomic E-state index is 0.0726. The summed E-state index contributed by atoms with van der Waals surface area (Å²) >= 11 is 0. The molecule has 0 saturated heterocycles. The molecular formula is C54H42N2. The third-order valence-corrected chi connectivity index (χ3v) is 12.8. The van der Waals surface area contributed by atoms with Crippen LogP contribution in [-0.4, -0.2) is 4.57 Å². The molecule has 0 fully saturated rings. The van der Waals surface area contributed by atoms with Crippen molar-refractivity contribution in [3.63, 3.8) is 0 Å². The van der Waals surface area contributed by atoms with Crippen molar-refractivity contribution in [3.05, 3.63) is 204 Å². The summed E-state index contributed by atoms with van der Waals surface area (Å²) < 4.78 is 2.41. The molecule has 1 aromatic heterocycles. The van der Waals surface area contributed by atoms with Crippen molar-refractivity contribution in [1.29, 1.82) is 0 Å². The molecule has 0 amide bonds. The number of nitrogens with zero attached hydrogens (tertiary/aromatic N) is 2. The second-order valence-electron chi connectivity index (χ2n) is 16.5. The number of hydrogen-bond acceptors (Lipinski definition) is 1. The molecule has 2 aliphatic rings. The van der Waals surface area contributed by atoms with E-state index in [0.717, 1.165) is 17.1 Å². The Morgan fingerprint density at radius 1 is 0.393 bits per heavy atom. The lowest BCUT2D eigenvalue weighted by molar-refractivity contribution is 0.660. The Bertz CT molecular complexity index is 3030. The zero-order valence-electron chi connectivity index (χ0n) is 32.2. The summed E-state index contributed by atoms with van der Waals surface area (Å²) in [6, 6.07) is 67.6. The molecule has 0 unspecified atom stereocenters. The third-order valence-electron chi connectivity index (χ3n) is 12.8. The molecule has 2 aliphatic carbocycles. The van der Waals surface area contributed by atoms with E-state index in [4.69, 9.17) is 0 Å². The first-order chi connectivity index (χ1) is 27.3. The summed E-state index contributed by atoms with van der Waals surface area (Å²) in [6.07, 6.45) is 0. The van der Waals surface area contributed by atoms with E-state index in [1.165, 1.54) is 83.1 Å². The van der Waals surface area contributed by atoms with Crippen LogP contribution in [0.25, 0.3) is 60.9 Å². The van der Waals surface area contributed by atoms with Gasteiger partial charge in [-0.2, -0.15) is 0 Å². The van der Waals surface area contributed by atoms with Crippen molar-refractivity contribution in [2.75, 3.05) is 4.90 Å². The zero-order valence-corrected chi connectivity index (χ0v) is 32.2. The topological polar surface area (TPSA) is 8.17 Å². The molecule has 0 radical (unpaired) electrons. The van der Waals surface area contributed by atoms with Gasteiger partial charge in [0.25, 0.3) is 0 Å². The number of para-hydroxylation sites is 3. The average molecular weight is 719 g/mol. The Hall–Kier alpha value is -6.64. The van der Waals surface area contributed by atoms with Crippen LogP contribution in [0.5, 0.6) is 0 Å². The highest BCUT2D eigenvalue weighted by Crippen LogP contribution is 2.56. The van der Waals surface area contributed by atoms with E-state index in [0.29, 0.717) is 0 Å². The van der Waals surface area contributed by atoms with Crippen LogP contribution in [0.3, 0.4) is 0 Å². The van der Waals surface area contributed by atoms with Crippen molar-refractivity contribution in [2.24, 2.45) is 0 Å². The van der Waals surface area contributed by atoms with Crippen LogP contribution in [0.1, 0.15) is 49.9 Å². The van der Waals surface area contributed by atoms with Gasteiger partial charge in [0, 0.05) is 44.1 Å². The molecule has 11 rings (SSSR count). The lowest BCUT2D eigenvalue weighted by atomic mass is 9.82. The quantitative estimate of drug-likeness (QED) is 0.172. The predicted molar refractivity (Wildman–Crippen MR) is 236 cm³/mol. The van der Waals surface area contributed by atoms with Gasteiger partial charge in [-0.3, -0.25) is 0 Å². The Balaban J connectivity index is 1.19. The van der Waals surface area contributed by atoms with Gasteiger partial charge in [-0.15, -0.1) is 0 Å². The molecule has 8 aromatic carbocycles. The molecule has 56 heavy (non-hydrogen) atoms. The van der Waals surface area contributed by atoms with E-state index in [1.807, 2.05) is 0 Å². The van der Waals surface area contributed by atoms with E-state index in [-0.39, 0.29) is 10.8 Å². The van der Waals surface area contributed by atoms with Crippen LogP contribution in [0.2, 0.25) is 0 Å². The van der Waals surface area contributed by atoms with Crippen molar-refractivity contribution >= 4 is 38.9 Å². The molecule has 2 heteroatoms. The van der Waals surface area contributed by atoms with Gasteiger partial charge in [-0.05, 0) is 93.0 Å². The van der Waals surface area contributed by atoms with Crippen LogP contribution in [-0.2, 0) is 10.8 Å². The van der Waals surface area contributed by atoms with E-state index in [2.05, 4.69) is 219 Å². The lowest BCUT2D eigenvalue weighted by Gasteiger charge is -2.31. The van der Waals surface area contributed by atoms with Crippen LogP contribution in [0.4, 0.5) is 17.1 Å². The minimum Gasteiger partial charge on any atom is -0.309 e. The SMILES string of the molecule is CC1(C)c2ccccc2-c2cc(N(c3ccccc3-c3ccc4c5ccccc5n(-c5ccccc5)c4c3)c3cccc4c3-c3ccccc3C4(C)C)ccc21. The zero-order chi connectivity index (χ0) is 37.8. The van der Waals surface area contributed by atoms with Gasteiger partial charge in [0.15, 0.2) is 0 Å². The molecule has 1 heterocycles. The summed E-state index contributed by atoms with van der Waals surface area (Å²) in [5, 5.41) is 2.51. The molecule has 0 aliphatic heterocycles. The van der Waals surface area contributed by atoms with Gasteiger partial charge < -0.3 is 9.47 Å². The highest BCUT2D eigenvalue weighted by Gasteiger charge is 2.39. The number of hydrogen-bond donors (Lipinski definition) is 0. The third kappa shape index (κ3) is 4.56. The van der Waals surface area contributed by atoms with E-state index < -0.39 is 0 Å². The van der Waals surface area contributed by atoms with Crippen molar-refractivity contribution in [3.8, 4) is 39.1 Å². The van der Waals surface area contributed by atoms with Gasteiger partial charge in [-0.25, -0.2) is 0 Å². The molecule has 9 aromatic rings. The summed E-state index contributed by atoms with van der Waals surface area (Å²) in [5.74, 6) is 0. The number of benzene rings is 8. The van der Waals surface area contributed by atoms with Gasteiger partial charge >= 0.3 is 0 Å². The molecule has 268 valence electrons. The van der Waals surface area contributed by atoms with Gasteiger partial charge in [-0.1, -0.05) is 161 Å². The first kappa shape index (κ1) is 32.8. The largest absolute Gasteiger partial charge is 0.309 e. The normalized spacial score (nSPS) is 14.4. The molecule has 0 saturated carbocycles. The molecule has 2 nitrogen and oxygen atoms in total. The Kier molecular flexibility index (Phi) is 6.98. The molecule has 0 N–H and O–H groups in total. The maximum absolute atomic E-state index is 2.54. The van der Waals surface area contributed by atoms with Crippen LogP contribution >= 0.6 is 0 Å². The second-order valence-corrected chi connectivity index (χ2v) is 16.5. The first-order valence-corrected chi connectivity index (χ1v) is 19.8. The number of fused-ring (bicyclic) bond motifs is 9. The Labute approximate surface area is 328 Å². The first-order valence-electron chi connectivity index (χ1n) is 19.8. The van der Waals surface area contributed by atoms with Crippen molar-refractivity contribution < 1.29 is 0 Å². The van der Waals surface area contributed by atoms with Crippen LogP contribution in [0.15, 0.2) is 182 Å². The summed E-state index contributed by atoms with van der Waals surface area (Å²) in [6.45, 7) is 9.46. The number of rotatable bonds is 5. The Morgan fingerprint density at radius 2 is 0.982 bits per heavy atom. The highest BCUT2D eigenvalue weighted by molar-refractivity contribution is 6.11. The van der Waals surface area contributed by atoms with Crippen LogP contribution in [0, 0.1) is 0 Å². The van der Waals surface area contributed by atoms with Crippen LogP contribution < -0.4 is 4.90 Å². The smallest absolute Gasteiger partial charge is 0.0547 e. The van der Waals surface area contributed by atoms with E-state index in [1.54, 1.807) is 0 Å².